The number of aromatic nitrogens is 1. The molecule has 2 heterocycles. The summed E-state index contributed by atoms with van der Waals surface area (Å²) in [4.78, 5) is 40.9. The Morgan fingerprint density at radius 1 is 1.04 bits per heavy atom. The molecule has 6 nitrogen and oxygen atoms in total. The molecule has 1 aromatic heterocycles. The highest BCUT2D eigenvalue weighted by molar-refractivity contribution is 6.12. The number of hydrogen-bond donors (Lipinski definition) is 2. The Hall–Kier alpha value is -3.41. The number of benzene rings is 2. The van der Waals surface area contributed by atoms with E-state index in [1.807, 2.05) is 12.1 Å². The summed E-state index contributed by atoms with van der Waals surface area (Å²) in [7, 11) is 0. The molecule has 0 aliphatic carbocycles. The Kier molecular flexibility index (Phi) is 4.01. The van der Waals surface area contributed by atoms with E-state index >= 15 is 0 Å². The van der Waals surface area contributed by atoms with Gasteiger partial charge in [-0.25, -0.2) is 0 Å². The summed E-state index contributed by atoms with van der Waals surface area (Å²) >= 11 is 0. The van der Waals surface area contributed by atoms with Crippen molar-refractivity contribution in [1.29, 1.82) is 0 Å². The Bertz CT molecular complexity index is 1070. The molecular weight excluding hydrogens is 330 g/mol. The fraction of sp³-hybridized carbons (Fsp3) is 0.150. The van der Waals surface area contributed by atoms with Crippen molar-refractivity contribution in [2.24, 2.45) is 0 Å². The maximum atomic E-state index is 12.7. The number of carbonyl (C=O) groups excluding carboxylic acids is 2. The quantitative estimate of drug-likeness (QED) is 0.764. The summed E-state index contributed by atoms with van der Waals surface area (Å²) < 4.78 is 0. The van der Waals surface area contributed by atoms with Crippen LogP contribution < -0.4 is 15.8 Å². The van der Waals surface area contributed by atoms with Crippen molar-refractivity contribution < 1.29 is 9.59 Å². The minimum atomic E-state index is -0.364. The first kappa shape index (κ1) is 16.1. The van der Waals surface area contributed by atoms with Gasteiger partial charge < -0.3 is 15.2 Å². The Balaban J connectivity index is 1.65. The third kappa shape index (κ3) is 2.97. The van der Waals surface area contributed by atoms with Crippen molar-refractivity contribution in [3.63, 3.8) is 0 Å². The molecular formula is C20H17N3O3. The molecule has 0 spiro atoms. The van der Waals surface area contributed by atoms with Crippen LogP contribution in [-0.2, 0) is 4.79 Å². The standard InChI is InChI=1S/C20H17N3O3/c24-18-12-16(15-7-1-2-8-17(15)22-18)20(26)21-13-5-3-6-14(11-13)23-10-4-9-19(23)25/h1-3,5-8,11-12H,4,9-10H2,(H,21,26)(H,22,24). The zero-order valence-corrected chi connectivity index (χ0v) is 14.0. The highest BCUT2D eigenvalue weighted by atomic mass is 16.2. The van der Waals surface area contributed by atoms with E-state index in [2.05, 4.69) is 10.3 Å². The molecule has 1 aliphatic heterocycles. The van der Waals surface area contributed by atoms with Gasteiger partial charge in [-0.2, -0.15) is 0 Å². The van der Waals surface area contributed by atoms with E-state index in [9.17, 15) is 14.4 Å². The molecule has 1 aliphatic rings. The number of amides is 2. The third-order valence-corrected chi connectivity index (χ3v) is 4.48. The van der Waals surface area contributed by atoms with Crippen LogP contribution in [0.2, 0.25) is 0 Å². The summed E-state index contributed by atoms with van der Waals surface area (Å²) in [5.41, 5.74) is 1.94. The number of pyridine rings is 1. The van der Waals surface area contributed by atoms with E-state index in [0.717, 1.165) is 12.1 Å². The molecule has 4 rings (SSSR count). The summed E-state index contributed by atoms with van der Waals surface area (Å²) in [5, 5.41) is 3.50. The first-order chi connectivity index (χ1) is 12.6. The topological polar surface area (TPSA) is 82.3 Å². The first-order valence-electron chi connectivity index (χ1n) is 8.46. The summed E-state index contributed by atoms with van der Waals surface area (Å²) in [6.07, 6.45) is 1.39. The lowest BCUT2D eigenvalue weighted by atomic mass is 10.1. The number of H-pyrrole nitrogens is 1. The number of rotatable bonds is 3. The lowest BCUT2D eigenvalue weighted by molar-refractivity contribution is -0.117. The van der Waals surface area contributed by atoms with Crippen LogP contribution >= 0.6 is 0 Å². The monoisotopic (exact) mass is 347 g/mol. The van der Waals surface area contributed by atoms with Crippen molar-refractivity contribution in [3.05, 3.63) is 70.5 Å². The van der Waals surface area contributed by atoms with Crippen molar-refractivity contribution in [3.8, 4) is 0 Å². The maximum absolute atomic E-state index is 12.7. The van der Waals surface area contributed by atoms with Crippen LogP contribution in [0.25, 0.3) is 10.9 Å². The van der Waals surface area contributed by atoms with Gasteiger partial charge in [-0.05, 0) is 30.7 Å². The van der Waals surface area contributed by atoms with E-state index in [4.69, 9.17) is 0 Å². The largest absolute Gasteiger partial charge is 0.322 e. The van der Waals surface area contributed by atoms with Crippen molar-refractivity contribution >= 4 is 34.1 Å². The molecule has 0 unspecified atom stereocenters. The van der Waals surface area contributed by atoms with E-state index in [1.165, 1.54) is 6.07 Å². The third-order valence-electron chi connectivity index (χ3n) is 4.48. The van der Waals surface area contributed by atoms with Gasteiger partial charge >= 0.3 is 0 Å². The van der Waals surface area contributed by atoms with Crippen LogP contribution in [0.15, 0.2) is 59.4 Å². The molecule has 26 heavy (non-hydrogen) atoms. The van der Waals surface area contributed by atoms with Gasteiger partial charge in [0.25, 0.3) is 5.91 Å². The number of anilines is 2. The minimum absolute atomic E-state index is 0.0917. The van der Waals surface area contributed by atoms with Crippen molar-refractivity contribution in [2.75, 3.05) is 16.8 Å². The number of carbonyl (C=O) groups is 2. The average Bonchev–Trinajstić information content (AvgIpc) is 3.07. The molecule has 0 atom stereocenters. The molecule has 1 fully saturated rings. The Labute approximate surface area is 149 Å². The second kappa shape index (κ2) is 6.48. The number of nitrogens with one attached hydrogen (secondary N) is 2. The van der Waals surface area contributed by atoms with E-state index in [0.29, 0.717) is 35.1 Å². The lowest BCUT2D eigenvalue weighted by Gasteiger charge is -2.17. The molecule has 0 saturated carbocycles. The van der Waals surface area contributed by atoms with Gasteiger partial charge in [0.1, 0.15) is 0 Å². The molecule has 6 heteroatoms. The molecule has 0 radical (unpaired) electrons. The Morgan fingerprint density at radius 2 is 1.88 bits per heavy atom. The van der Waals surface area contributed by atoms with Crippen LogP contribution in [0.1, 0.15) is 23.2 Å². The zero-order chi connectivity index (χ0) is 18.1. The number of aromatic amines is 1. The highest BCUT2D eigenvalue weighted by Crippen LogP contribution is 2.25. The molecule has 3 aromatic rings. The van der Waals surface area contributed by atoms with Crippen LogP contribution in [0, 0.1) is 0 Å². The summed E-state index contributed by atoms with van der Waals surface area (Å²) in [6, 6.07) is 15.6. The van der Waals surface area contributed by atoms with Gasteiger partial charge in [-0.3, -0.25) is 14.4 Å². The lowest BCUT2D eigenvalue weighted by Crippen LogP contribution is -2.23. The number of fused-ring (bicyclic) bond motifs is 1. The predicted molar refractivity (Wildman–Crippen MR) is 101 cm³/mol. The van der Waals surface area contributed by atoms with Gasteiger partial charge in [0.05, 0.1) is 5.56 Å². The van der Waals surface area contributed by atoms with Gasteiger partial charge in [0.15, 0.2) is 0 Å². The van der Waals surface area contributed by atoms with Crippen LogP contribution in [0.3, 0.4) is 0 Å². The van der Waals surface area contributed by atoms with Gasteiger partial charge in [0.2, 0.25) is 11.5 Å². The predicted octanol–water partition coefficient (Wildman–Crippen LogP) is 2.91. The molecule has 2 amide bonds. The first-order valence-corrected chi connectivity index (χ1v) is 8.46. The molecule has 1 saturated heterocycles. The Morgan fingerprint density at radius 3 is 2.69 bits per heavy atom. The van der Waals surface area contributed by atoms with Crippen molar-refractivity contribution in [1.82, 2.24) is 4.98 Å². The molecule has 2 N–H and O–H groups in total. The van der Waals surface area contributed by atoms with Crippen LogP contribution in [-0.4, -0.2) is 23.3 Å². The SMILES string of the molecule is O=C(Nc1cccc(N2CCCC2=O)c1)c1cc(=O)[nH]c2ccccc12. The zero-order valence-electron chi connectivity index (χ0n) is 14.0. The van der Waals surface area contributed by atoms with Gasteiger partial charge in [-0.1, -0.05) is 24.3 Å². The number of hydrogen-bond acceptors (Lipinski definition) is 3. The molecule has 2 aromatic carbocycles. The number of nitrogens with zero attached hydrogens (tertiary/aromatic N) is 1. The van der Waals surface area contributed by atoms with Crippen LogP contribution in [0.5, 0.6) is 0 Å². The van der Waals surface area contributed by atoms with Gasteiger partial charge in [-0.15, -0.1) is 0 Å². The fourth-order valence-electron chi connectivity index (χ4n) is 3.26. The minimum Gasteiger partial charge on any atom is -0.322 e. The summed E-state index contributed by atoms with van der Waals surface area (Å²) in [5.74, 6) is -0.272. The van der Waals surface area contributed by atoms with E-state index < -0.39 is 0 Å². The van der Waals surface area contributed by atoms with E-state index in [1.54, 1.807) is 41.3 Å². The normalized spacial score (nSPS) is 14.0. The molecule has 0 bridgehead atoms. The number of para-hydroxylation sites is 1. The average molecular weight is 347 g/mol. The molecule has 130 valence electrons. The second-order valence-electron chi connectivity index (χ2n) is 6.25. The van der Waals surface area contributed by atoms with Gasteiger partial charge in [0, 0.05) is 41.3 Å². The highest BCUT2D eigenvalue weighted by Gasteiger charge is 2.22. The summed E-state index contributed by atoms with van der Waals surface area (Å²) in [6.45, 7) is 0.689. The van der Waals surface area contributed by atoms with Crippen LogP contribution in [0.4, 0.5) is 11.4 Å². The van der Waals surface area contributed by atoms with E-state index in [-0.39, 0.29) is 17.4 Å². The maximum Gasteiger partial charge on any atom is 0.256 e. The smallest absolute Gasteiger partial charge is 0.256 e. The van der Waals surface area contributed by atoms with Crippen molar-refractivity contribution in [2.45, 2.75) is 12.8 Å². The second-order valence-corrected chi connectivity index (χ2v) is 6.25. The fourth-order valence-corrected chi connectivity index (χ4v) is 3.26.